The fourth-order valence-corrected chi connectivity index (χ4v) is 2.91. The van der Waals surface area contributed by atoms with Crippen LogP contribution in [0.3, 0.4) is 0 Å². The highest BCUT2D eigenvalue weighted by atomic mass is 32.1. The Balaban J connectivity index is 1.67. The molecule has 1 saturated heterocycles. The molecule has 0 amide bonds. The summed E-state index contributed by atoms with van der Waals surface area (Å²) < 4.78 is 0. The third-order valence-electron chi connectivity index (χ3n) is 3.98. The summed E-state index contributed by atoms with van der Waals surface area (Å²) in [5.41, 5.74) is 0.267. The van der Waals surface area contributed by atoms with Crippen molar-refractivity contribution in [3.8, 4) is 0 Å². The molecule has 1 aromatic rings. The molecular weight excluding hydrogens is 256 g/mol. The summed E-state index contributed by atoms with van der Waals surface area (Å²) in [4.78, 5) is 9.32. The Bertz CT molecular complexity index is 356. The van der Waals surface area contributed by atoms with Gasteiger partial charge in [-0.1, -0.05) is 6.92 Å². The predicted octanol–water partition coefficient (Wildman–Crippen LogP) is 2.04. The third kappa shape index (κ3) is 4.44. The lowest BCUT2D eigenvalue weighted by atomic mass is 10.0. The van der Waals surface area contributed by atoms with Gasteiger partial charge in [0, 0.05) is 56.4 Å². The van der Waals surface area contributed by atoms with Gasteiger partial charge in [-0.25, -0.2) is 4.98 Å². The molecule has 0 aliphatic carbocycles. The van der Waals surface area contributed by atoms with E-state index in [2.05, 4.69) is 46.3 Å². The number of aromatic nitrogens is 1. The summed E-state index contributed by atoms with van der Waals surface area (Å²) in [6.45, 7) is 13.5. The maximum absolute atomic E-state index is 4.38. The van der Waals surface area contributed by atoms with Crippen molar-refractivity contribution in [1.29, 1.82) is 0 Å². The highest BCUT2D eigenvalue weighted by molar-refractivity contribution is 7.13. The second kappa shape index (κ2) is 6.68. The molecule has 0 spiro atoms. The summed E-state index contributed by atoms with van der Waals surface area (Å²) in [7, 11) is 0. The third-order valence-corrected chi connectivity index (χ3v) is 4.81. The van der Waals surface area contributed by atoms with E-state index in [-0.39, 0.29) is 5.54 Å². The van der Waals surface area contributed by atoms with Gasteiger partial charge >= 0.3 is 0 Å². The lowest BCUT2D eigenvalue weighted by Gasteiger charge is -2.35. The van der Waals surface area contributed by atoms with Crippen molar-refractivity contribution in [3.63, 3.8) is 0 Å². The minimum Gasteiger partial charge on any atom is -0.346 e. The topological polar surface area (TPSA) is 31.4 Å². The molecule has 1 aliphatic rings. The molecule has 0 unspecified atom stereocenters. The zero-order chi connectivity index (χ0) is 13.7. The quantitative estimate of drug-likeness (QED) is 0.865. The van der Waals surface area contributed by atoms with Crippen LogP contribution in [0.25, 0.3) is 0 Å². The van der Waals surface area contributed by atoms with Crippen molar-refractivity contribution >= 4 is 16.5 Å². The highest BCUT2D eigenvalue weighted by Gasteiger charge is 2.19. The molecule has 0 bridgehead atoms. The molecule has 0 radical (unpaired) electrons. The van der Waals surface area contributed by atoms with Gasteiger partial charge < -0.3 is 10.2 Å². The van der Waals surface area contributed by atoms with E-state index in [1.807, 2.05) is 6.20 Å². The number of nitrogens with one attached hydrogen (secondary N) is 1. The lowest BCUT2D eigenvalue weighted by Crippen LogP contribution is -2.50. The first kappa shape index (κ1) is 14.8. The first-order valence-corrected chi connectivity index (χ1v) is 8.10. The Morgan fingerprint density at radius 2 is 2.05 bits per heavy atom. The van der Waals surface area contributed by atoms with Crippen LogP contribution < -0.4 is 10.2 Å². The van der Waals surface area contributed by atoms with Crippen LogP contribution in [-0.4, -0.2) is 54.7 Å². The molecule has 5 heteroatoms. The van der Waals surface area contributed by atoms with Crippen LogP contribution >= 0.6 is 11.3 Å². The normalized spacial score (nSPS) is 17.9. The van der Waals surface area contributed by atoms with Gasteiger partial charge in [0.05, 0.1) is 0 Å². The Morgan fingerprint density at radius 3 is 2.63 bits per heavy atom. The lowest BCUT2D eigenvalue weighted by molar-refractivity contribution is 0.243. The van der Waals surface area contributed by atoms with Crippen LogP contribution in [0.2, 0.25) is 0 Å². The number of hydrogen-bond acceptors (Lipinski definition) is 5. The number of rotatable bonds is 6. The van der Waals surface area contributed by atoms with E-state index in [4.69, 9.17) is 0 Å². The van der Waals surface area contributed by atoms with Gasteiger partial charge in [-0.3, -0.25) is 4.90 Å². The Hall–Kier alpha value is -0.650. The minimum absolute atomic E-state index is 0.267. The monoisotopic (exact) mass is 282 g/mol. The molecule has 4 nitrogen and oxygen atoms in total. The molecule has 1 aromatic heterocycles. The molecule has 0 saturated carbocycles. The number of piperazine rings is 1. The maximum Gasteiger partial charge on any atom is 0.185 e. The molecule has 1 fully saturated rings. The van der Waals surface area contributed by atoms with Crippen LogP contribution in [-0.2, 0) is 0 Å². The van der Waals surface area contributed by atoms with Gasteiger partial charge in [0.25, 0.3) is 0 Å². The van der Waals surface area contributed by atoms with Crippen molar-refractivity contribution in [2.75, 3.05) is 44.2 Å². The van der Waals surface area contributed by atoms with Gasteiger partial charge in [-0.15, -0.1) is 11.3 Å². The number of thiazole rings is 1. The van der Waals surface area contributed by atoms with Crippen molar-refractivity contribution in [2.45, 2.75) is 32.7 Å². The van der Waals surface area contributed by atoms with Gasteiger partial charge in [0.1, 0.15) is 0 Å². The van der Waals surface area contributed by atoms with Gasteiger partial charge in [-0.2, -0.15) is 0 Å². The van der Waals surface area contributed by atoms with E-state index in [0.717, 1.165) is 39.3 Å². The van der Waals surface area contributed by atoms with Gasteiger partial charge in [0.15, 0.2) is 5.13 Å². The SMILES string of the molecule is CCC(C)(C)NCCN1CCN(c2nccs2)CC1. The summed E-state index contributed by atoms with van der Waals surface area (Å²) in [6, 6.07) is 0. The molecule has 0 atom stereocenters. The molecule has 108 valence electrons. The summed E-state index contributed by atoms with van der Waals surface area (Å²) in [6.07, 6.45) is 3.06. The summed E-state index contributed by atoms with van der Waals surface area (Å²) in [5.74, 6) is 0. The summed E-state index contributed by atoms with van der Waals surface area (Å²) in [5, 5.41) is 6.85. The predicted molar refractivity (Wildman–Crippen MR) is 83.1 cm³/mol. The Labute approximate surface area is 120 Å². The van der Waals surface area contributed by atoms with E-state index in [0.29, 0.717) is 0 Å². The van der Waals surface area contributed by atoms with E-state index in [9.17, 15) is 0 Å². The standard InChI is InChI=1S/C14H26N4S/c1-4-14(2,3)16-5-7-17-8-10-18(11-9-17)13-15-6-12-19-13/h6,12,16H,4-5,7-11H2,1-3H3. The Morgan fingerprint density at radius 1 is 1.32 bits per heavy atom. The van der Waals surface area contributed by atoms with Gasteiger partial charge in [0.2, 0.25) is 0 Å². The average Bonchev–Trinajstić information content (AvgIpc) is 2.93. The smallest absolute Gasteiger partial charge is 0.185 e. The number of nitrogens with zero attached hydrogens (tertiary/aromatic N) is 3. The zero-order valence-corrected chi connectivity index (χ0v) is 13.2. The first-order valence-electron chi connectivity index (χ1n) is 7.22. The van der Waals surface area contributed by atoms with Crippen molar-refractivity contribution < 1.29 is 0 Å². The van der Waals surface area contributed by atoms with E-state index < -0.39 is 0 Å². The first-order chi connectivity index (χ1) is 9.11. The van der Waals surface area contributed by atoms with E-state index in [1.165, 1.54) is 11.6 Å². The molecule has 1 aliphatic heterocycles. The summed E-state index contributed by atoms with van der Waals surface area (Å²) >= 11 is 1.74. The molecule has 0 aromatic carbocycles. The average molecular weight is 282 g/mol. The second-order valence-electron chi connectivity index (χ2n) is 5.81. The van der Waals surface area contributed by atoms with Crippen molar-refractivity contribution in [2.24, 2.45) is 0 Å². The second-order valence-corrected chi connectivity index (χ2v) is 6.68. The fraction of sp³-hybridized carbons (Fsp3) is 0.786. The van der Waals surface area contributed by atoms with Crippen LogP contribution in [0.1, 0.15) is 27.2 Å². The Kier molecular flexibility index (Phi) is 5.19. The minimum atomic E-state index is 0.267. The zero-order valence-electron chi connectivity index (χ0n) is 12.4. The number of hydrogen-bond donors (Lipinski definition) is 1. The van der Waals surface area contributed by atoms with Crippen molar-refractivity contribution in [1.82, 2.24) is 15.2 Å². The van der Waals surface area contributed by atoms with Crippen LogP contribution in [0, 0.1) is 0 Å². The molecule has 19 heavy (non-hydrogen) atoms. The fourth-order valence-electron chi connectivity index (χ4n) is 2.21. The molecular formula is C14H26N4S. The van der Waals surface area contributed by atoms with Gasteiger partial charge in [-0.05, 0) is 20.3 Å². The number of anilines is 1. The van der Waals surface area contributed by atoms with E-state index >= 15 is 0 Å². The molecule has 1 N–H and O–H groups in total. The van der Waals surface area contributed by atoms with Crippen molar-refractivity contribution in [3.05, 3.63) is 11.6 Å². The van der Waals surface area contributed by atoms with Crippen LogP contribution in [0.5, 0.6) is 0 Å². The van der Waals surface area contributed by atoms with E-state index in [1.54, 1.807) is 11.3 Å². The maximum atomic E-state index is 4.38. The molecule has 2 heterocycles. The molecule has 2 rings (SSSR count). The van der Waals surface area contributed by atoms with Crippen LogP contribution in [0.4, 0.5) is 5.13 Å². The largest absolute Gasteiger partial charge is 0.346 e. The van der Waals surface area contributed by atoms with Crippen LogP contribution in [0.15, 0.2) is 11.6 Å². The highest BCUT2D eigenvalue weighted by Crippen LogP contribution is 2.18.